The molecule has 2 heteroatoms. The van der Waals surface area contributed by atoms with Crippen LogP contribution in [0.3, 0.4) is 0 Å². The standard InChI is InChI=1S/C14H28FN/c1-10-11(9-15)8-12(13(2,3)4)16(10)14(5,6)7/h10-12H,8-9H2,1-7H3/t10-,11-,12+/m1/s1. The van der Waals surface area contributed by atoms with Crippen molar-refractivity contribution in [2.45, 2.75) is 72.5 Å². The second-order valence-corrected chi connectivity index (χ2v) is 7.35. The van der Waals surface area contributed by atoms with Crippen LogP contribution in [0.1, 0.15) is 54.9 Å². The molecule has 96 valence electrons. The summed E-state index contributed by atoms with van der Waals surface area (Å²) in [5.74, 6) is 0.212. The average molecular weight is 229 g/mol. The van der Waals surface area contributed by atoms with Crippen molar-refractivity contribution < 1.29 is 4.39 Å². The summed E-state index contributed by atoms with van der Waals surface area (Å²) in [5, 5.41) is 0. The van der Waals surface area contributed by atoms with Crippen LogP contribution in [0.2, 0.25) is 0 Å². The summed E-state index contributed by atoms with van der Waals surface area (Å²) in [5.41, 5.74) is 0.354. The van der Waals surface area contributed by atoms with Crippen LogP contribution in [0.25, 0.3) is 0 Å². The molecule has 1 aliphatic rings. The first-order valence-corrected chi connectivity index (χ1v) is 6.43. The molecule has 0 unspecified atom stereocenters. The van der Waals surface area contributed by atoms with Crippen LogP contribution in [0, 0.1) is 11.3 Å². The predicted octanol–water partition coefficient (Wildman–Crippen LogP) is 3.88. The highest BCUT2D eigenvalue weighted by molar-refractivity contribution is 5.01. The van der Waals surface area contributed by atoms with Crippen molar-refractivity contribution in [3.63, 3.8) is 0 Å². The lowest BCUT2D eigenvalue weighted by Crippen LogP contribution is -2.52. The van der Waals surface area contributed by atoms with Gasteiger partial charge in [0, 0.05) is 23.5 Å². The molecule has 1 saturated heterocycles. The van der Waals surface area contributed by atoms with Crippen LogP contribution in [-0.4, -0.2) is 29.2 Å². The second kappa shape index (κ2) is 4.29. The zero-order chi connectivity index (χ0) is 12.7. The largest absolute Gasteiger partial charge is 0.292 e. The minimum Gasteiger partial charge on any atom is -0.292 e. The van der Waals surface area contributed by atoms with Gasteiger partial charge in [-0.3, -0.25) is 9.29 Å². The molecule has 3 atom stereocenters. The highest BCUT2D eigenvalue weighted by atomic mass is 19.1. The van der Waals surface area contributed by atoms with E-state index in [9.17, 15) is 4.39 Å². The Morgan fingerprint density at radius 2 is 1.62 bits per heavy atom. The van der Waals surface area contributed by atoms with E-state index in [-0.39, 0.29) is 23.5 Å². The Kier molecular flexibility index (Phi) is 3.74. The first-order valence-electron chi connectivity index (χ1n) is 6.43. The number of hydrogen-bond acceptors (Lipinski definition) is 1. The van der Waals surface area contributed by atoms with Gasteiger partial charge in [-0.05, 0) is 39.5 Å². The molecule has 0 amide bonds. The van der Waals surface area contributed by atoms with E-state index in [1.54, 1.807) is 0 Å². The molecule has 16 heavy (non-hydrogen) atoms. The molecule has 0 aromatic heterocycles. The van der Waals surface area contributed by atoms with Crippen molar-refractivity contribution in [2.24, 2.45) is 11.3 Å². The summed E-state index contributed by atoms with van der Waals surface area (Å²) in [7, 11) is 0. The summed E-state index contributed by atoms with van der Waals surface area (Å²) in [6.07, 6.45) is 0.998. The van der Waals surface area contributed by atoms with Gasteiger partial charge in [0.15, 0.2) is 0 Å². The molecule has 0 saturated carbocycles. The van der Waals surface area contributed by atoms with Gasteiger partial charge in [-0.25, -0.2) is 0 Å². The fourth-order valence-electron chi connectivity index (χ4n) is 3.15. The molecule has 1 heterocycles. The van der Waals surface area contributed by atoms with Gasteiger partial charge in [-0.1, -0.05) is 20.8 Å². The molecule has 0 spiro atoms. The molecule has 0 aromatic rings. The molecule has 1 rings (SSSR count). The van der Waals surface area contributed by atoms with E-state index in [0.29, 0.717) is 12.1 Å². The number of likely N-dealkylation sites (tertiary alicyclic amines) is 1. The predicted molar refractivity (Wildman–Crippen MR) is 68.4 cm³/mol. The van der Waals surface area contributed by atoms with Gasteiger partial charge in [-0.2, -0.15) is 0 Å². The molecule has 0 aliphatic carbocycles. The van der Waals surface area contributed by atoms with E-state index in [0.717, 1.165) is 6.42 Å². The maximum absolute atomic E-state index is 13.0. The lowest BCUT2D eigenvalue weighted by atomic mass is 9.82. The third-order valence-corrected chi connectivity index (χ3v) is 3.96. The van der Waals surface area contributed by atoms with Crippen molar-refractivity contribution >= 4 is 0 Å². The molecule has 0 radical (unpaired) electrons. The lowest BCUT2D eigenvalue weighted by Gasteiger charge is -2.45. The highest BCUT2D eigenvalue weighted by Crippen LogP contribution is 2.43. The topological polar surface area (TPSA) is 3.24 Å². The zero-order valence-corrected chi connectivity index (χ0v) is 12.0. The highest BCUT2D eigenvalue weighted by Gasteiger charge is 2.47. The Bertz CT molecular complexity index is 236. The van der Waals surface area contributed by atoms with E-state index in [2.05, 4.69) is 53.4 Å². The van der Waals surface area contributed by atoms with Crippen molar-refractivity contribution in [2.75, 3.05) is 6.67 Å². The molecule has 1 fully saturated rings. The van der Waals surface area contributed by atoms with Gasteiger partial charge in [-0.15, -0.1) is 0 Å². The fraction of sp³-hybridized carbons (Fsp3) is 1.00. The molecule has 0 bridgehead atoms. The lowest BCUT2D eigenvalue weighted by molar-refractivity contribution is 0.0269. The third-order valence-electron chi connectivity index (χ3n) is 3.96. The molecule has 1 nitrogen and oxygen atoms in total. The van der Waals surface area contributed by atoms with E-state index < -0.39 is 0 Å². The molecule has 0 aromatic carbocycles. The Balaban J connectivity index is 3.00. The van der Waals surface area contributed by atoms with Gasteiger partial charge in [0.2, 0.25) is 0 Å². The van der Waals surface area contributed by atoms with Gasteiger partial charge in [0.1, 0.15) is 0 Å². The summed E-state index contributed by atoms with van der Waals surface area (Å²) in [6, 6.07) is 0.845. The van der Waals surface area contributed by atoms with Crippen molar-refractivity contribution in [1.82, 2.24) is 4.90 Å². The average Bonchev–Trinajstić information content (AvgIpc) is 2.40. The molecular formula is C14H28FN. The number of halogens is 1. The van der Waals surface area contributed by atoms with Gasteiger partial charge < -0.3 is 0 Å². The summed E-state index contributed by atoms with van der Waals surface area (Å²) in [4.78, 5) is 2.53. The van der Waals surface area contributed by atoms with Crippen LogP contribution >= 0.6 is 0 Å². The van der Waals surface area contributed by atoms with E-state index in [4.69, 9.17) is 0 Å². The number of hydrogen-bond donors (Lipinski definition) is 0. The minimum absolute atomic E-state index is 0.126. The second-order valence-electron chi connectivity index (χ2n) is 7.35. The summed E-state index contributed by atoms with van der Waals surface area (Å²) in [6.45, 7) is 15.5. The Morgan fingerprint density at radius 1 is 1.12 bits per heavy atom. The minimum atomic E-state index is -0.180. The summed E-state index contributed by atoms with van der Waals surface area (Å²) < 4.78 is 13.0. The molecule has 0 N–H and O–H groups in total. The van der Waals surface area contributed by atoms with Gasteiger partial charge in [0.25, 0.3) is 0 Å². The maximum Gasteiger partial charge on any atom is 0.0938 e. The van der Waals surface area contributed by atoms with Crippen LogP contribution in [0.15, 0.2) is 0 Å². The number of alkyl halides is 1. The fourth-order valence-corrected chi connectivity index (χ4v) is 3.15. The number of nitrogens with zero attached hydrogens (tertiary/aromatic N) is 1. The van der Waals surface area contributed by atoms with Crippen LogP contribution < -0.4 is 0 Å². The normalized spacial score (nSPS) is 33.4. The van der Waals surface area contributed by atoms with E-state index in [1.165, 1.54) is 0 Å². The zero-order valence-electron chi connectivity index (χ0n) is 12.0. The first-order chi connectivity index (χ1) is 7.09. The number of rotatable bonds is 1. The SMILES string of the molecule is C[C@@H]1[C@@H](CF)C[C@@H](C(C)(C)C)N1C(C)(C)C. The van der Waals surface area contributed by atoms with Crippen molar-refractivity contribution in [3.05, 3.63) is 0 Å². The Labute approximate surface area is 100 Å². The Hall–Kier alpha value is -0.110. The smallest absolute Gasteiger partial charge is 0.0938 e. The van der Waals surface area contributed by atoms with Crippen LogP contribution in [0.4, 0.5) is 4.39 Å². The van der Waals surface area contributed by atoms with E-state index in [1.807, 2.05) is 0 Å². The Morgan fingerprint density at radius 3 is 1.88 bits per heavy atom. The third kappa shape index (κ3) is 2.58. The first kappa shape index (κ1) is 14.0. The van der Waals surface area contributed by atoms with Crippen molar-refractivity contribution in [3.8, 4) is 0 Å². The quantitative estimate of drug-likeness (QED) is 0.659. The van der Waals surface area contributed by atoms with Crippen LogP contribution in [0.5, 0.6) is 0 Å². The monoisotopic (exact) mass is 229 g/mol. The summed E-state index contributed by atoms with van der Waals surface area (Å²) >= 11 is 0. The van der Waals surface area contributed by atoms with E-state index >= 15 is 0 Å². The van der Waals surface area contributed by atoms with Crippen molar-refractivity contribution in [1.29, 1.82) is 0 Å². The molecular weight excluding hydrogens is 201 g/mol. The maximum atomic E-state index is 13.0. The van der Waals surface area contributed by atoms with Gasteiger partial charge >= 0.3 is 0 Å². The van der Waals surface area contributed by atoms with Crippen LogP contribution in [-0.2, 0) is 0 Å². The van der Waals surface area contributed by atoms with Gasteiger partial charge in [0.05, 0.1) is 6.67 Å². The molecule has 1 aliphatic heterocycles.